The lowest BCUT2D eigenvalue weighted by Crippen LogP contribution is -2.30. The summed E-state index contributed by atoms with van der Waals surface area (Å²) >= 11 is 0. The van der Waals surface area contributed by atoms with Gasteiger partial charge in [0.15, 0.2) is 6.29 Å². The average molecular weight is 176 g/mol. The van der Waals surface area contributed by atoms with Gasteiger partial charge < -0.3 is 18.9 Å². The molecule has 0 bridgehead atoms. The Balaban J connectivity index is 2.36. The second-order valence-electron chi connectivity index (χ2n) is 2.83. The maximum Gasteiger partial charge on any atom is 0.156 e. The van der Waals surface area contributed by atoms with Gasteiger partial charge in [0.2, 0.25) is 0 Å². The Bertz CT molecular complexity index is 114. The molecule has 1 rings (SSSR count). The van der Waals surface area contributed by atoms with Crippen molar-refractivity contribution >= 4 is 0 Å². The van der Waals surface area contributed by atoms with Gasteiger partial charge in [-0.3, -0.25) is 0 Å². The molecule has 12 heavy (non-hydrogen) atoms. The molecule has 0 aliphatic carbocycles. The molecule has 2 unspecified atom stereocenters. The number of rotatable bonds is 4. The van der Waals surface area contributed by atoms with E-state index in [0.29, 0.717) is 13.2 Å². The van der Waals surface area contributed by atoms with Crippen LogP contribution < -0.4 is 0 Å². The molecular formula is C8H16O4. The monoisotopic (exact) mass is 176 g/mol. The molecule has 0 spiro atoms. The summed E-state index contributed by atoms with van der Waals surface area (Å²) < 4.78 is 20.9. The molecule has 0 saturated carbocycles. The van der Waals surface area contributed by atoms with Gasteiger partial charge in [0.25, 0.3) is 0 Å². The third kappa shape index (κ3) is 2.42. The molecule has 1 aliphatic rings. The van der Waals surface area contributed by atoms with Crippen LogP contribution in [0.25, 0.3) is 0 Å². The SMILES string of the molecule is COCC1OC(C)OC1COC. The van der Waals surface area contributed by atoms with Gasteiger partial charge in [0.05, 0.1) is 13.2 Å². The Labute approximate surface area is 72.7 Å². The summed E-state index contributed by atoms with van der Waals surface area (Å²) in [5.41, 5.74) is 0. The fourth-order valence-corrected chi connectivity index (χ4v) is 1.32. The predicted molar refractivity (Wildman–Crippen MR) is 43.0 cm³/mol. The number of hydrogen-bond donors (Lipinski definition) is 0. The Morgan fingerprint density at radius 3 is 1.75 bits per heavy atom. The minimum Gasteiger partial charge on any atom is -0.382 e. The molecule has 0 aromatic rings. The van der Waals surface area contributed by atoms with Gasteiger partial charge in [-0.1, -0.05) is 0 Å². The standard InChI is InChI=1S/C8H16O4/c1-6-11-7(4-9-2)8(12-6)5-10-3/h6-8H,4-5H2,1-3H3. The topological polar surface area (TPSA) is 36.9 Å². The van der Waals surface area contributed by atoms with E-state index in [2.05, 4.69) is 0 Å². The van der Waals surface area contributed by atoms with E-state index in [1.807, 2.05) is 6.92 Å². The van der Waals surface area contributed by atoms with E-state index in [1.54, 1.807) is 14.2 Å². The van der Waals surface area contributed by atoms with Gasteiger partial charge in [0.1, 0.15) is 12.2 Å². The van der Waals surface area contributed by atoms with E-state index in [-0.39, 0.29) is 18.5 Å². The van der Waals surface area contributed by atoms with Crippen LogP contribution in [0.3, 0.4) is 0 Å². The highest BCUT2D eigenvalue weighted by molar-refractivity contribution is 4.75. The van der Waals surface area contributed by atoms with E-state index in [0.717, 1.165) is 0 Å². The molecule has 0 radical (unpaired) electrons. The van der Waals surface area contributed by atoms with E-state index >= 15 is 0 Å². The summed E-state index contributed by atoms with van der Waals surface area (Å²) in [6, 6.07) is 0. The first-order chi connectivity index (χ1) is 5.77. The van der Waals surface area contributed by atoms with E-state index in [9.17, 15) is 0 Å². The first kappa shape index (κ1) is 9.92. The van der Waals surface area contributed by atoms with E-state index in [1.165, 1.54) is 0 Å². The maximum atomic E-state index is 5.44. The van der Waals surface area contributed by atoms with Crippen LogP contribution in [0, 0.1) is 0 Å². The zero-order valence-corrected chi connectivity index (χ0v) is 7.78. The molecule has 1 heterocycles. The minimum atomic E-state index is -0.148. The predicted octanol–water partition coefficient (Wildman–Crippen LogP) is 0.409. The van der Waals surface area contributed by atoms with Crippen LogP contribution in [-0.2, 0) is 18.9 Å². The van der Waals surface area contributed by atoms with Gasteiger partial charge >= 0.3 is 0 Å². The van der Waals surface area contributed by atoms with Crippen molar-refractivity contribution < 1.29 is 18.9 Å². The van der Waals surface area contributed by atoms with Crippen LogP contribution in [0.5, 0.6) is 0 Å². The van der Waals surface area contributed by atoms with Crippen LogP contribution >= 0.6 is 0 Å². The molecule has 0 aromatic carbocycles. The van der Waals surface area contributed by atoms with Crippen LogP contribution in [0.4, 0.5) is 0 Å². The van der Waals surface area contributed by atoms with E-state index in [4.69, 9.17) is 18.9 Å². The molecule has 2 atom stereocenters. The zero-order valence-electron chi connectivity index (χ0n) is 7.78. The number of methoxy groups -OCH3 is 2. The normalized spacial score (nSPS) is 35.8. The summed E-state index contributed by atoms with van der Waals surface area (Å²) in [6.45, 7) is 2.98. The third-order valence-corrected chi connectivity index (χ3v) is 1.81. The van der Waals surface area contributed by atoms with Crippen LogP contribution in [0.1, 0.15) is 6.92 Å². The molecule has 0 N–H and O–H groups in total. The molecule has 1 fully saturated rings. The Morgan fingerprint density at radius 1 is 1.00 bits per heavy atom. The largest absolute Gasteiger partial charge is 0.382 e. The van der Waals surface area contributed by atoms with Crippen LogP contribution in [0.15, 0.2) is 0 Å². The lowest BCUT2D eigenvalue weighted by Gasteiger charge is -2.14. The second kappa shape index (κ2) is 4.77. The van der Waals surface area contributed by atoms with Gasteiger partial charge in [-0.15, -0.1) is 0 Å². The second-order valence-corrected chi connectivity index (χ2v) is 2.83. The van der Waals surface area contributed by atoms with Crippen LogP contribution in [-0.4, -0.2) is 45.9 Å². The van der Waals surface area contributed by atoms with Crippen molar-refractivity contribution in [3.05, 3.63) is 0 Å². The lowest BCUT2D eigenvalue weighted by molar-refractivity contribution is -0.0628. The summed E-state index contributed by atoms with van der Waals surface area (Å²) in [6.07, 6.45) is -0.139. The van der Waals surface area contributed by atoms with Gasteiger partial charge in [-0.05, 0) is 6.92 Å². The molecule has 1 saturated heterocycles. The Kier molecular flexibility index (Phi) is 3.94. The summed E-state index contributed by atoms with van der Waals surface area (Å²) in [4.78, 5) is 0. The van der Waals surface area contributed by atoms with Crippen molar-refractivity contribution in [1.29, 1.82) is 0 Å². The fraction of sp³-hybridized carbons (Fsp3) is 1.00. The van der Waals surface area contributed by atoms with Crippen molar-refractivity contribution in [2.75, 3.05) is 27.4 Å². The molecule has 72 valence electrons. The summed E-state index contributed by atoms with van der Waals surface area (Å²) in [5, 5.41) is 0. The van der Waals surface area contributed by atoms with Crippen molar-refractivity contribution in [1.82, 2.24) is 0 Å². The van der Waals surface area contributed by atoms with Gasteiger partial charge in [-0.25, -0.2) is 0 Å². The molecular weight excluding hydrogens is 160 g/mol. The Morgan fingerprint density at radius 2 is 1.42 bits per heavy atom. The smallest absolute Gasteiger partial charge is 0.156 e. The quantitative estimate of drug-likeness (QED) is 0.621. The van der Waals surface area contributed by atoms with Gasteiger partial charge in [-0.2, -0.15) is 0 Å². The van der Waals surface area contributed by atoms with Crippen LogP contribution in [0.2, 0.25) is 0 Å². The van der Waals surface area contributed by atoms with Crippen molar-refractivity contribution in [3.63, 3.8) is 0 Å². The molecule has 1 aliphatic heterocycles. The lowest BCUT2D eigenvalue weighted by atomic mass is 10.2. The number of hydrogen-bond acceptors (Lipinski definition) is 4. The highest BCUT2D eigenvalue weighted by Gasteiger charge is 2.33. The number of ether oxygens (including phenoxy) is 4. The summed E-state index contributed by atoms with van der Waals surface area (Å²) in [5.74, 6) is 0. The highest BCUT2D eigenvalue weighted by Crippen LogP contribution is 2.19. The first-order valence-corrected chi connectivity index (χ1v) is 4.06. The minimum absolute atomic E-state index is 0.00458. The fourth-order valence-electron chi connectivity index (χ4n) is 1.32. The van der Waals surface area contributed by atoms with E-state index < -0.39 is 0 Å². The molecule has 4 heteroatoms. The van der Waals surface area contributed by atoms with Crippen molar-refractivity contribution in [2.24, 2.45) is 0 Å². The van der Waals surface area contributed by atoms with Crippen molar-refractivity contribution in [2.45, 2.75) is 25.4 Å². The summed E-state index contributed by atoms with van der Waals surface area (Å²) in [7, 11) is 3.30. The molecule has 0 amide bonds. The van der Waals surface area contributed by atoms with Gasteiger partial charge in [0, 0.05) is 14.2 Å². The molecule has 4 nitrogen and oxygen atoms in total. The highest BCUT2D eigenvalue weighted by atomic mass is 16.7. The Hall–Kier alpha value is -0.160. The first-order valence-electron chi connectivity index (χ1n) is 4.06. The maximum absolute atomic E-state index is 5.44. The van der Waals surface area contributed by atoms with Crippen molar-refractivity contribution in [3.8, 4) is 0 Å². The third-order valence-electron chi connectivity index (χ3n) is 1.81. The average Bonchev–Trinajstić information content (AvgIpc) is 2.33. The molecule has 0 aromatic heterocycles. The zero-order chi connectivity index (χ0) is 8.97.